The van der Waals surface area contributed by atoms with E-state index in [9.17, 15) is 13.2 Å². The maximum absolute atomic E-state index is 12.7. The molecule has 5 nitrogen and oxygen atoms in total. The van der Waals surface area contributed by atoms with Gasteiger partial charge in [0.2, 0.25) is 5.91 Å². The van der Waals surface area contributed by atoms with E-state index in [4.69, 9.17) is 0 Å². The van der Waals surface area contributed by atoms with Crippen molar-refractivity contribution in [1.82, 2.24) is 0 Å². The van der Waals surface area contributed by atoms with Crippen LogP contribution in [0.3, 0.4) is 0 Å². The van der Waals surface area contributed by atoms with Gasteiger partial charge in [-0.3, -0.25) is 4.79 Å². The van der Waals surface area contributed by atoms with Crippen molar-refractivity contribution in [2.75, 3.05) is 16.4 Å². The van der Waals surface area contributed by atoms with Crippen LogP contribution in [0.5, 0.6) is 0 Å². The van der Waals surface area contributed by atoms with Crippen LogP contribution in [-0.2, 0) is 21.1 Å². The van der Waals surface area contributed by atoms with E-state index >= 15 is 0 Å². The number of fused-ring (bicyclic) bond motifs is 1. The van der Waals surface area contributed by atoms with Gasteiger partial charge in [0.25, 0.3) is 0 Å². The number of rotatable bonds is 4. The molecule has 4 rings (SSSR count). The lowest BCUT2D eigenvalue weighted by molar-refractivity contribution is -0.117. The van der Waals surface area contributed by atoms with E-state index in [1.165, 1.54) is 11.8 Å². The number of nitrogens with zero attached hydrogens (tertiary/aromatic N) is 2. The lowest BCUT2D eigenvalue weighted by atomic mass is 10.1. The van der Waals surface area contributed by atoms with Crippen LogP contribution in [0.25, 0.3) is 0 Å². The predicted molar refractivity (Wildman–Crippen MR) is 127 cm³/mol. The largest absolute Gasteiger partial charge is 0.315 e. The lowest BCUT2D eigenvalue weighted by Crippen LogP contribution is -2.38. The summed E-state index contributed by atoms with van der Waals surface area (Å²) in [6, 6.07) is 13.7. The third kappa shape index (κ3) is 4.50. The van der Waals surface area contributed by atoms with Gasteiger partial charge in [-0.1, -0.05) is 58.0 Å². The maximum atomic E-state index is 12.7. The predicted octanol–water partition coefficient (Wildman–Crippen LogP) is 4.30. The fourth-order valence-corrected chi connectivity index (χ4v) is 8.77. The molecule has 0 bridgehead atoms. The van der Waals surface area contributed by atoms with Crippen LogP contribution in [0, 0.1) is 13.8 Å². The Morgan fingerprint density at radius 2 is 1.83 bits per heavy atom. The van der Waals surface area contributed by atoms with Crippen LogP contribution >= 0.6 is 27.7 Å². The van der Waals surface area contributed by atoms with Crippen LogP contribution in [0.15, 0.2) is 51.9 Å². The van der Waals surface area contributed by atoms with Gasteiger partial charge in [-0.25, -0.2) is 8.42 Å². The summed E-state index contributed by atoms with van der Waals surface area (Å²) < 4.78 is 25.5. The number of aryl methyl sites for hydroxylation is 3. The molecule has 0 radical (unpaired) electrons. The molecule has 2 aliphatic heterocycles. The summed E-state index contributed by atoms with van der Waals surface area (Å²) in [5.74, 6) is 0.0447. The third-order valence-corrected chi connectivity index (χ3v) is 9.12. The molecule has 0 unspecified atom stereocenters. The Morgan fingerprint density at radius 1 is 1.17 bits per heavy atom. The van der Waals surface area contributed by atoms with Gasteiger partial charge in [0.15, 0.2) is 15.0 Å². The molecular formula is C22H23BrN2O3S2. The van der Waals surface area contributed by atoms with Crippen molar-refractivity contribution in [3.05, 3.63) is 63.6 Å². The first-order chi connectivity index (χ1) is 14.2. The molecule has 2 aromatic rings. The van der Waals surface area contributed by atoms with Gasteiger partial charge in [0.1, 0.15) is 0 Å². The van der Waals surface area contributed by atoms with E-state index in [-0.39, 0.29) is 28.7 Å². The fraction of sp³-hybridized carbons (Fsp3) is 0.364. The number of hydrogen-bond acceptors (Lipinski definition) is 4. The molecule has 1 amide bonds. The van der Waals surface area contributed by atoms with Crippen molar-refractivity contribution in [2.24, 2.45) is 4.99 Å². The zero-order valence-corrected chi connectivity index (χ0v) is 20.1. The highest BCUT2D eigenvalue weighted by Gasteiger charge is 2.50. The number of thioether (sulfide) groups is 1. The van der Waals surface area contributed by atoms with Crippen molar-refractivity contribution in [1.29, 1.82) is 0 Å². The first-order valence-electron chi connectivity index (χ1n) is 9.82. The molecule has 8 heteroatoms. The molecule has 2 saturated heterocycles. The van der Waals surface area contributed by atoms with Crippen LogP contribution < -0.4 is 4.90 Å². The zero-order chi connectivity index (χ0) is 21.5. The Balaban J connectivity index is 1.65. The lowest BCUT2D eigenvalue weighted by Gasteiger charge is -2.28. The van der Waals surface area contributed by atoms with Gasteiger partial charge < -0.3 is 4.90 Å². The van der Waals surface area contributed by atoms with Crippen molar-refractivity contribution in [3.8, 4) is 0 Å². The highest BCUT2D eigenvalue weighted by atomic mass is 79.9. The van der Waals surface area contributed by atoms with Crippen LogP contribution in [0.4, 0.5) is 5.69 Å². The summed E-state index contributed by atoms with van der Waals surface area (Å²) in [6.07, 6.45) is 0.965. The quantitative estimate of drug-likeness (QED) is 0.618. The Morgan fingerprint density at radius 3 is 2.50 bits per heavy atom. The second-order valence-corrected chi connectivity index (χ2v) is 12.1. The Bertz CT molecular complexity index is 1090. The first-order valence-corrected chi connectivity index (χ1v) is 13.3. The zero-order valence-electron chi connectivity index (χ0n) is 16.8. The SMILES string of the molecule is Cc1cc(Br)cc(C)c1N1C(=NC(=O)CCc2ccccc2)S[C@@H]2CS(=O)(=O)C[C@H]21. The molecule has 0 aliphatic carbocycles. The number of carbonyl (C=O) groups is 1. The van der Waals surface area contributed by atoms with E-state index in [2.05, 4.69) is 20.9 Å². The standard InChI is InChI=1S/C22H23BrN2O3S2/c1-14-10-17(23)11-15(2)21(14)25-18-12-30(27,28)13-19(18)29-22(25)24-20(26)9-8-16-6-4-3-5-7-16/h3-7,10-11,18-19H,8-9,12-13H2,1-2H3/t18-,19-/m1/s1. The number of carbonyl (C=O) groups excluding carboxylic acids is 1. The first kappa shape index (κ1) is 21.6. The molecule has 30 heavy (non-hydrogen) atoms. The number of halogens is 1. The van der Waals surface area contributed by atoms with Gasteiger partial charge in [0, 0.05) is 21.8 Å². The minimum Gasteiger partial charge on any atom is -0.315 e. The third-order valence-electron chi connectivity index (χ3n) is 5.45. The van der Waals surface area contributed by atoms with E-state index in [1.807, 2.05) is 61.2 Å². The summed E-state index contributed by atoms with van der Waals surface area (Å²) in [5.41, 5.74) is 4.10. The molecule has 2 atom stereocenters. The van der Waals surface area contributed by atoms with E-state index in [0.717, 1.165) is 26.9 Å². The molecule has 2 aromatic carbocycles. The summed E-state index contributed by atoms with van der Waals surface area (Å²) in [7, 11) is -3.09. The summed E-state index contributed by atoms with van der Waals surface area (Å²) in [4.78, 5) is 19.1. The number of hydrogen-bond donors (Lipinski definition) is 0. The smallest absolute Gasteiger partial charge is 0.248 e. The van der Waals surface area contributed by atoms with Gasteiger partial charge in [0.05, 0.1) is 17.5 Å². The van der Waals surface area contributed by atoms with Crippen LogP contribution in [-0.4, -0.2) is 42.3 Å². The van der Waals surface area contributed by atoms with Gasteiger partial charge in [-0.05, 0) is 49.1 Å². The van der Waals surface area contributed by atoms with Gasteiger partial charge in [-0.2, -0.15) is 4.99 Å². The van der Waals surface area contributed by atoms with Crippen molar-refractivity contribution in [2.45, 2.75) is 38.0 Å². The molecule has 0 N–H and O–H groups in total. The van der Waals surface area contributed by atoms with Crippen molar-refractivity contribution < 1.29 is 13.2 Å². The minimum atomic E-state index is -3.09. The second kappa shape index (κ2) is 8.48. The molecule has 0 spiro atoms. The highest BCUT2D eigenvalue weighted by Crippen LogP contribution is 2.43. The van der Waals surface area contributed by atoms with Crippen LogP contribution in [0.1, 0.15) is 23.1 Å². The van der Waals surface area contributed by atoms with E-state index < -0.39 is 9.84 Å². The highest BCUT2D eigenvalue weighted by molar-refractivity contribution is 9.10. The van der Waals surface area contributed by atoms with E-state index in [1.54, 1.807) is 0 Å². The Kier molecular flexibility index (Phi) is 6.10. The molecule has 158 valence electrons. The summed E-state index contributed by atoms with van der Waals surface area (Å²) in [6.45, 7) is 4.01. The van der Waals surface area contributed by atoms with E-state index in [0.29, 0.717) is 18.0 Å². The molecule has 2 aliphatic rings. The van der Waals surface area contributed by atoms with Crippen molar-refractivity contribution >= 4 is 54.3 Å². The van der Waals surface area contributed by atoms with Gasteiger partial charge in [-0.15, -0.1) is 0 Å². The van der Waals surface area contributed by atoms with Crippen LogP contribution in [0.2, 0.25) is 0 Å². The number of amidine groups is 1. The second-order valence-electron chi connectivity index (χ2n) is 7.83. The molecular weight excluding hydrogens is 484 g/mol. The molecule has 0 saturated carbocycles. The molecule has 0 aromatic heterocycles. The minimum absolute atomic E-state index is 0.0941. The van der Waals surface area contributed by atoms with Crippen molar-refractivity contribution in [3.63, 3.8) is 0 Å². The normalized spacial score (nSPS) is 23.7. The average molecular weight is 507 g/mol. The number of anilines is 1. The Hall–Kier alpha value is -1.64. The molecule has 2 fully saturated rings. The maximum Gasteiger partial charge on any atom is 0.248 e. The number of sulfone groups is 1. The fourth-order valence-electron chi connectivity index (χ4n) is 4.17. The van der Waals surface area contributed by atoms with Gasteiger partial charge >= 0.3 is 0 Å². The summed E-state index contributed by atoms with van der Waals surface area (Å²) >= 11 is 4.95. The summed E-state index contributed by atoms with van der Waals surface area (Å²) in [5, 5.41) is 0.518. The number of benzene rings is 2. The molecule has 2 heterocycles. The Labute approximate surface area is 190 Å². The average Bonchev–Trinajstić information content (AvgIpc) is 3.12. The number of aliphatic imine (C=N–C) groups is 1. The monoisotopic (exact) mass is 506 g/mol. The topological polar surface area (TPSA) is 66.8 Å². The number of amides is 1.